The van der Waals surface area contributed by atoms with Gasteiger partial charge in [0.2, 0.25) is 10.0 Å². The molecule has 0 unspecified atom stereocenters. The van der Waals surface area contributed by atoms with Gasteiger partial charge in [0.25, 0.3) is 11.6 Å². The van der Waals surface area contributed by atoms with Crippen molar-refractivity contribution in [2.24, 2.45) is 5.92 Å². The molecule has 9 nitrogen and oxygen atoms in total. The molecule has 0 saturated carbocycles. The summed E-state index contributed by atoms with van der Waals surface area (Å²) in [7, 11) is -3.17. The molecule has 10 heteroatoms. The number of hydrogen-bond donors (Lipinski definition) is 1. The standard InChI is InChI=1S/C21H26N4O5S/c1-12-9-16(14(3)29-12)18-10-17(19-13(2)24-30-21(19)23-18)20(26)22-11-15-5-7-25(8-6-15)31(4,27)28/h9-10,15H,5-8,11H2,1-4H3,(H,22,26). The van der Waals surface area contributed by atoms with Crippen molar-refractivity contribution in [2.75, 3.05) is 25.9 Å². The first-order chi connectivity index (χ1) is 14.6. The second-order valence-corrected chi connectivity index (χ2v) is 10.1. The Morgan fingerprint density at radius 2 is 1.94 bits per heavy atom. The van der Waals surface area contributed by atoms with Crippen molar-refractivity contribution in [1.82, 2.24) is 19.8 Å². The Hall–Kier alpha value is -2.72. The highest BCUT2D eigenvalue weighted by atomic mass is 32.2. The van der Waals surface area contributed by atoms with E-state index in [1.165, 1.54) is 10.6 Å². The lowest BCUT2D eigenvalue weighted by atomic mass is 9.98. The lowest BCUT2D eigenvalue weighted by Gasteiger charge is -2.30. The van der Waals surface area contributed by atoms with Crippen molar-refractivity contribution in [1.29, 1.82) is 0 Å². The molecule has 4 rings (SSSR count). The average molecular weight is 447 g/mol. The number of aryl methyl sites for hydroxylation is 3. The number of aromatic nitrogens is 2. The van der Waals surface area contributed by atoms with Gasteiger partial charge in [0.1, 0.15) is 11.5 Å². The second kappa shape index (κ2) is 8.08. The number of piperidine rings is 1. The van der Waals surface area contributed by atoms with E-state index in [0.717, 1.165) is 11.3 Å². The zero-order chi connectivity index (χ0) is 22.3. The Labute approximate surface area is 180 Å². The summed E-state index contributed by atoms with van der Waals surface area (Å²) in [6.45, 7) is 6.92. The van der Waals surface area contributed by atoms with Crippen LogP contribution in [0.25, 0.3) is 22.4 Å². The van der Waals surface area contributed by atoms with Crippen LogP contribution in [0.5, 0.6) is 0 Å². The van der Waals surface area contributed by atoms with Crippen LogP contribution in [0.1, 0.15) is 40.4 Å². The fourth-order valence-electron chi connectivity index (χ4n) is 4.07. The minimum Gasteiger partial charge on any atom is -0.466 e. The summed E-state index contributed by atoms with van der Waals surface area (Å²) in [5.41, 5.74) is 2.74. The first-order valence-corrected chi connectivity index (χ1v) is 12.1. The Balaban J connectivity index is 1.55. The SMILES string of the molecule is Cc1cc(-c2cc(C(=O)NCC3CCN(S(C)(=O)=O)CC3)c3c(C)noc3n2)c(C)o1. The molecule has 1 N–H and O–H groups in total. The number of nitrogens with one attached hydrogen (secondary N) is 1. The molecule has 1 saturated heterocycles. The number of fused-ring (bicyclic) bond motifs is 1. The third kappa shape index (κ3) is 4.35. The molecular formula is C21H26N4O5S. The predicted molar refractivity (Wildman–Crippen MR) is 115 cm³/mol. The number of furan rings is 1. The van der Waals surface area contributed by atoms with E-state index >= 15 is 0 Å². The van der Waals surface area contributed by atoms with Gasteiger partial charge >= 0.3 is 0 Å². The molecule has 1 aliphatic rings. The van der Waals surface area contributed by atoms with Gasteiger partial charge in [-0.25, -0.2) is 17.7 Å². The highest BCUT2D eigenvalue weighted by Gasteiger charge is 2.26. The molecule has 0 aliphatic carbocycles. The predicted octanol–water partition coefficient (Wildman–Crippen LogP) is 2.81. The smallest absolute Gasteiger partial charge is 0.259 e. The highest BCUT2D eigenvalue weighted by molar-refractivity contribution is 7.88. The summed E-state index contributed by atoms with van der Waals surface area (Å²) in [6.07, 6.45) is 2.65. The average Bonchev–Trinajstić information content (AvgIpc) is 3.26. The van der Waals surface area contributed by atoms with E-state index in [1.54, 1.807) is 13.0 Å². The fourth-order valence-corrected chi connectivity index (χ4v) is 4.95. The van der Waals surface area contributed by atoms with E-state index in [4.69, 9.17) is 8.94 Å². The largest absolute Gasteiger partial charge is 0.466 e. The topological polar surface area (TPSA) is 119 Å². The molecule has 3 aromatic heterocycles. The van der Waals surface area contributed by atoms with Crippen LogP contribution < -0.4 is 5.32 Å². The third-order valence-electron chi connectivity index (χ3n) is 5.77. The van der Waals surface area contributed by atoms with E-state index in [0.29, 0.717) is 66.3 Å². The van der Waals surface area contributed by atoms with Gasteiger partial charge in [0.05, 0.1) is 28.6 Å². The van der Waals surface area contributed by atoms with E-state index < -0.39 is 10.0 Å². The van der Waals surface area contributed by atoms with E-state index in [2.05, 4.69) is 15.5 Å². The number of nitrogens with zero attached hydrogens (tertiary/aromatic N) is 3. The number of carbonyl (C=O) groups excluding carboxylic acids is 1. The zero-order valence-electron chi connectivity index (χ0n) is 18.1. The first-order valence-electron chi connectivity index (χ1n) is 10.2. The van der Waals surface area contributed by atoms with Crippen LogP contribution >= 0.6 is 0 Å². The molecular weight excluding hydrogens is 420 g/mol. The van der Waals surface area contributed by atoms with E-state index in [-0.39, 0.29) is 11.8 Å². The van der Waals surface area contributed by atoms with Gasteiger partial charge in [-0.2, -0.15) is 0 Å². The summed E-state index contributed by atoms with van der Waals surface area (Å²) in [5, 5.41) is 7.57. The minimum absolute atomic E-state index is 0.223. The summed E-state index contributed by atoms with van der Waals surface area (Å²) >= 11 is 0. The maximum atomic E-state index is 13.1. The molecule has 3 aromatic rings. The molecule has 1 amide bonds. The highest BCUT2D eigenvalue weighted by Crippen LogP contribution is 2.30. The van der Waals surface area contributed by atoms with Gasteiger partial charge in [-0.05, 0) is 51.7 Å². The molecule has 0 bridgehead atoms. The lowest BCUT2D eigenvalue weighted by Crippen LogP contribution is -2.41. The van der Waals surface area contributed by atoms with Gasteiger partial charge < -0.3 is 14.3 Å². The van der Waals surface area contributed by atoms with Crippen LogP contribution in [0, 0.1) is 26.7 Å². The van der Waals surface area contributed by atoms with Gasteiger partial charge in [0.15, 0.2) is 0 Å². The molecule has 1 fully saturated rings. The number of carbonyl (C=O) groups is 1. The maximum absolute atomic E-state index is 13.1. The molecule has 166 valence electrons. The van der Waals surface area contributed by atoms with E-state index in [9.17, 15) is 13.2 Å². The Kier molecular flexibility index (Phi) is 5.61. The van der Waals surface area contributed by atoms with Crippen LogP contribution in [-0.4, -0.2) is 54.7 Å². The van der Waals surface area contributed by atoms with Gasteiger partial charge in [-0.3, -0.25) is 4.79 Å². The number of sulfonamides is 1. The molecule has 0 aromatic carbocycles. The normalized spacial score (nSPS) is 16.1. The van der Waals surface area contributed by atoms with Crippen molar-refractivity contribution in [3.05, 3.63) is 34.9 Å². The molecule has 0 atom stereocenters. The van der Waals surface area contributed by atoms with Gasteiger partial charge in [-0.15, -0.1) is 0 Å². The number of rotatable bonds is 5. The molecule has 0 spiro atoms. The van der Waals surface area contributed by atoms with Crippen molar-refractivity contribution < 1.29 is 22.2 Å². The van der Waals surface area contributed by atoms with Crippen molar-refractivity contribution in [3.63, 3.8) is 0 Å². The zero-order valence-corrected chi connectivity index (χ0v) is 18.9. The van der Waals surface area contributed by atoms with Crippen molar-refractivity contribution in [3.8, 4) is 11.3 Å². The lowest BCUT2D eigenvalue weighted by molar-refractivity contribution is 0.0943. The Morgan fingerprint density at radius 3 is 2.55 bits per heavy atom. The van der Waals surface area contributed by atoms with E-state index in [1.807, 2.05) is 19.9 Å². The molecule has 0 radical (unpaired) electrons. The first kappa shape index (κ1) is 21.5. The Morgan fingerprint density at radius 1 is 1.23 bits per heavy atom. The molecule has 31 heavy (non-hydrogen) atoms. The number of pyridine rings is 1. The van der Waals surface area contributed by atoms with Gasteiger partial charge in [-0.1, -0.05) is 5.16 Å². The van der Waals surface area contributed by atoms with Crippen LogP contribution in [0.4, 0.5) is 0 Å². The molecule has 1 aliphatic heterocycles. The van der Waals surface area contributed by atoms with Crippen molar-refractivity contribution in [2.45, 2.75) is 33.6 Å². The monoisotopic (exact) mass is 446 g/mol. The van der Waals surface area contributed by atoms with Crippen LogP contribution in [-0.2, 0) is 10.0 Å². The van der Waals surface area contributed by atoms with Crippen LogP contribution in [0.3, 0.4) is 0 Å². The van der Waals surface area contributed by atoms with Crippen LogP contribution in [0.2, 0.25) is 0 Å². The Bertz CT molecular complexity index is 1240. The summed E-state index contributed by atoms with van der Waals surface area (Å²) in [5.74, 6) is 1.46. The summed E-state index contributed by atoms with van der Waals surface area (Å²) < 4.78 is 35.8. The third-order valence-corrected chi connectivity index (χ3v) is 7.08. The number of hydrogen-bond acceptors (Lipinski definition) is 7. The fraction of sp³-hybridized carbons (Fsp3) is 0.476. The molecule has 4 heterocycles. The number of amides is 1. The maximum Gasteiger partial charge on any atom is 0.259 e. The quantitative estimate of drug-likeness (QED) is 0.640. The minimum atomic E-state index is -3.17. The summed E-state index contributed by atoms with van der Waals surface area (Å²) in [6, 6.07) is 3.62. The van der Waals surface area contributed by atoms with Crippen LogP contribution in [0.15, 0.2) is 21.1 Å². The van der Waals surface area contributed by atoms with Crippen molar-refractivity contribution >= 4 is 27.0 Å². The van der Waals surface area contributed by atoms with Gasteiger partial charge in [0, 0.05) is 25.2 Å². The second-order valence-electron chi connectivity index (χ2n) is 8.15. The summed E-state index contributed by atoms with van der Waals surface area (Å²) in [4.78, 5) is 17.6.